The molecule has 11 heteroatoms. The third-order valence-corrected chi connectivity index (χ3v) is 7.84. The molecule has 0 saturated carbocycles. The molecule has 1 aliphatic heterocycles. The van der Waals surface area contributed by atoms with Gasteiger partial charge in [-0.3, -0.25) is 14.5 Å². The van der Waals surface area contributed by atoms with Crippen LogP contribution in [0.25, 0.3) is 11.1 Å². The molecule has 40 heavy (non-hydrogen) atoms. The zero-order chi connectivity index (χ0) is 28.2. The number of aromatic nitrogens is 5. The molecule has 4 heterocycles. The van der Waals surface area contributed by atoms with Crippen LogP contribution in [-0.4, -0.2) is 48.8 Å². The van der Waals surface area contributed by atoms with E-state index in [1.807, 2.05) is 28.5 Å². The standard InChI is InChI=1S/C29H29F3N6O2/c1-17-26(40-3)13-22-24(34-17)5-4-6-25(22)38-9-7-19-20(23-15-36(2)35-27(23)29(30,31)32)11-18(12-21(19)28(38)39)14-37-10-8-33-16-37/h8,10-13,15-16,25H,4-7,9,14H2,1-3H3. The van der Waals surface area contributed by atoms with Gasteiger partial charge in [0.15, 0.2) is 5.69 Å². The zero-order valence-corrected chi connectivity index (χ0v) is 22.5. The summed E-state index contributed by atoms with van der Waals surface area (Å²) < 4.78 is 50.6. The van der Waals surface area contributed by atoms with Crippen molar-refractivity contribution >= 4 is 5.91 Å². The molecule has 2 aliphatic rings. The van der Waals surface area contributed by atoms with Crippen molar-refractivity contribution in [2.24, 2.45) is 7.05 Å². The first-order valence-electron chi connectivity index (χ1n) is 13.2. The van der Waals surface area contributed by atoms with Crippen LogP contribution in [0.1, 0.15) is 63.0 Å². The van der Waals surface area contributed by atoms with Crippen molar-refractivity contribution in [1.82, 2.24) is 29.2 Å². The fourth-order valence-electron chi connectivity index (χ4n) is 6.08. The molecule has 208 valence electrons. The largest absolute Gasteiger partial charge is 0.495 e. The Labute approximate surface area is 229 Å². The van der Waals surface area contributed by atoms with Gasteiger partial charge in [0.2, 0.25) is 0 Å². The number of fused-ring (bicyclic) bond motifs is 2. The zero-order valence-electron chi connectivity index (χ0n) is 22.5. The number of imidazole rings is 1. The molecule has 0 saturated heterocycles. The van der Waals surface area contributed by atoms with Gasteiger partial charge in [-0.25, -0.2) is 4.98 Å². The normalized spacial score (nSPS) is 17.1. The molecule has 3 aromatic heterocycles. The molecule has 0 N–H and O–H groups in total. The van der Waals surface area contributed by atoms with Gasteiger partial charge in [0.1, 0.15) is 5.75 Å². The van der Waals surface area contributed by atoms with E-state index >= 15 is 0 Å². The summed E-state index contributed by atoms with van der Waals surface area (Å²) in [7, 11) is 3.07. The summed E-state index contributed by atoms with van der Waals surface area (Å²) >= 11 is 0. The van der Waals surface area contributed by atoms with Crippen molar-refractivity contribution in [3.8, 4) is 16.9 Å². The highest BCUT2D eigenvalue weighted by molar-refractivity contribution is 5.99. The van der Waals surface area contributed by atoms with E-state index < -0.39 is 11.9 Å². The SMILES string of the molecule is COc1cc2c(nc1C)CCCC2N1CCc2c(cc(Cn3ccnc3)cc2-c2cn(C)nc2C(F)(F)F)C1=O. The first-order valence-corrected chi connectivity index (χ1v) is 13.2. The van der Waals surface area contributed by atoms with E-state index in [-0.39, 0.29) is 17.5 Å². The molecule has 8 nitrogen and oxygen atoms in total. The topological polar surface area (TPSA) is 78.1 Å². The van der Waals surface area contributed by atoms with Gasteiger partial charge in [-0.05, 0) is 73.1 Å². The molecule has 6 rings (SSSR count). The second-order valence-electron chi connectivity index (χ2n) is 10.4. The van der Waals surface area contributed by atoms with Gasteiger partial charge in [-0.2, -0.15) is 18.3 Å². The van der Waals surface area contributed by atoms with E-state index in [0.717, 1.165) is 36.2 Å². The lowest BCUT2D eigenvalue weighted by Gasteiger charge is -2.39. The van der Waals surface area contributed by atoms with Crippen LogP contribution in [0.2, 0.25) is 0 Å². The summed E-state index contributed by atoms with van der Waals surface area (Å²) in [5.74, 6) is 0.487. The Bertz CT molecular complexity index is 1590. The Balaban J connectivity index is 1.47. The summed E-state index contributed by atoms with van der Waals surface area (Å²) in [6.45, 7) is 2.66. The van der Waals surface area contributed by atoms with Crippen LogP contribution in [0.5, 0.6) is 5.75 Å². The van der Waals surface area contributed by atoms with Gasteiger partial charge < -0.3 is 14.2 Å². The van der Waals surface area contributed by atoms with E-state index in [0.29, 0.717) is 47.5 Å². The lowest BCUT2D eigenvalue weighted by atomic mass is 9.84. The second-order valence-corrected chi connectivity index (χ2v) is 10.4. The third-order valence-electron chi connectivity index (χ3n) is 7.84. The summed E-state index contributed by atoms with van der Waals surface area (Å²) in [4.78, 5) is 24.9. The predicted molar refractivity (Wildman–Crippen MR) is 141 cm³/mol. The number of amides is 1. The monoisotopic (exact) mass is 550 g/mol. The van der Waals surface area contributed by atoms with Crippen LogP contribution in [0, 0.1) is 6.92 Å². The number of halogens is 3. The summed E-state index contributed by atoms with van der Waals surface area (Å²) in [5, 5.41) is 3.73. The van der Waals surface area contributed by atoms with Crippen LogP contribution >= 0.6 is 0 Å². The molecule has 4 aromatic rings. The number of carbonyl (C=O) groups is 1. The Hall–Kier alpha value is -4.15. The number of hydrogen-bond acceptors (Lipinski definition) is 5. The molecule has 0 radical (unpaired) electrons. The Morgan fingerprint density at radius 3 is 2.65 bits per heavy atom. The smallest absolute Gasteiger partial charge is 0.435 e. The van der Waals surface area contributed by atoms with Crippen LogP contribution in [0.4, 0.5) is 13.2 Å². The molecule has 1 aliphatic carbocycles. The van der Waals surface area contributed by atoms with E-state index in [2.05, 4.69) is 10.1 Å². The van der Waals surface area contributed by atoms with Crippen molar-refractivity contribution in [2.75, 3.05) is 13.7 Å². The summed E-state index contributed by atoms with van der Waals surface area (Å²) in [5.41, 5.74) is 3.92. The van der Waals surface area contributed by atoms with E-state index in [4.69, 9.17) is 9.72 Å². The van der Waals surface area contributed by atoms with Crippen molar-refractivity contribution in [1.29, 1.82) is 0 Å². The molecule has 0 spiro atoms. The number of carbonyl (C=O) groups excluding carboxylic acids is 1. The number of ether oxygens (including phenoxy) is 1. The first kappa shape index (κ1) is 26.1. The number of aryl methyl sites for hydroxylation is 3. The summed E-state index contributed by atoms with van der Waals surface area (Å²) in [6.07, 6.45) is 4.73. The number of benzene rings is 1. The maximum Gasteiger partial charge on any atom is 0.435 e. The highest BCUT2D eigenvalue weighted by Gasteiger charge is 2.40. The lowest BCUT2D eigenvalue weighted by Crippen LogP contribution is -2.42. The highest BCUT2D eigenvalue weighted by Crippen LogP contribution is 2.43. The Morgan fingerprint density at radius 2 is 1.93 bits per heavy atom. The van der Waals surface area contributed by atoms with Crippen molar-refractivity contribution in [3.63, 3.8) is 0 Å². The van der Waals surface area contributed by atoms with Crippen LogP contribution in [0.3, 0.4) is 0 Å². The number of pyridine rings is 1. The lowest BCUT2D eigenvalue weighted by molar-refractivity contribution is -0.140. The molecule has 1 unspecified atom stereocenters. The maximum atomic E-state index is 14.2. The minimum absolute atomic E-state index is 0.0209. The average molecular weight is 551 g/mol. The number of rotatable bonds is 5. The third kappa shape index (κ3) is 4.52. The van der Waals surface area contributed by atoms with E-state index in [9.17, 15) is 18.0 Å². The van der Waals surface area contributed by atoms with Crippen LogP contribution in [-0.2, 0) is 32.6 Å². The van der Waals surface area contributed by atoms with Crippen LogP contribution < -0.4 is 4.74 Å². The minimum atomic E-state index is -4.63. The number of methoxy groups -OCH3 is 1. The molecule has 0 fully saturated rings. The van der Waals surface area contributed by atoms with Gasteiger partial charge >= 0.3 is 6.18 Å². The predicted octanol–water partition coefficient (Wildman–Crippen LogP) is 5.14. The molecule has 0 bridgehead atoms. The summed E-state index contributed by atoms with van der Waals surface area (Å²) in [6, 6.07) is 5.36. The minimum Gasteiger partial charge on any atom is -0.495 e. The molecule has 1 amide bonds. The van der Waals surface area contributed by atoms with Crippen molar-refractivity contribution in [2.45, 2.75) is 51.4 Å². The number of hydrogen-bond donors (Lipinski definition) is 0. The van der Waals surface area contributed by atoms with Crippen molar-refractivity contribution < 1.29 is 22.7 Å². The number of nitrogens with zero attached hydrogens (tertiary/aromatic N) is 6. The quantitative estimate of drug-likeness (QED) is 0.344. The van der Waals surface area contributed by atoms with Gasteiger partial charge in [0.25, 0.3) is 5.91 Å². The first-order chi connectivity index (χ1) is 19.1. The van der Waals surface area contributed by atoms with Gasteiger partial charge in [-0.1, -0.05) is 0 Å². The highest BCUT2D eigenvalue weighted by atomic mass is 19.4. The fourth-order valence-corrected chi connectivity index (χ4v) is 6.08. The van der Waals surface area contributed by atoms with E-state index in [1.165, 1.54) is 17.9 Å². The molecular formula is C29H29F3N6O2. The van der Waals surface area contributed by atoms with Crippen LogP contribution in [0.15, 0.2) is 43.1 Å². The molecule has 1 aromatic carbocycles. The van der Waals surface area contributed by atoms with Gasteiger partial charge in [-0.15, -0.1) is 0 Å². The van der Waals surface area contributed by atoms with E-state index in [1.54, 1.807) is 31.9 Å². The Kier molecular flexibility index (Phi) is 6.39. The van der Waals surface area contributed by atoms with Gasteiger partial charge in [0.05, 0.1) is 25.2 Å². The van der Waals surface area contributed by atoms with Gasteiger partial charge in [0, 0.05) is 55.5 Å². The second kappa shape index (κ2) is 9.79. The molecule has 1 atom stereocenters. The maximum absolute atomic E-state index is 14.2. The van der Waals surface area contributed by atoms with Crippen molar-refractivity contribution in [3.05, 3.63) is 82.5 Å². The number of alkyl halides is 3. The fraction of sp³-hybridized carbons (Fsp3) is 0.379. The molecular weight excluding hydrogens is 521 g/mol. The average Bonchev–Trinajstić information content (AvgIpc) is 3.57. The Morgan fingerprint density at radius 1 is 1.12 bits per heavy atom.